The van der Waals surface area contributed by atoms with Gasteiger partial charge in [-0.15, -0.1) is 21.5 Å². The quantitative estimate of drug-likeness (QED) is 0.607. The molecule has 0 saturated carbocycles. The number of nitrogens with zero attached hydrogens (tertiary/aromatic N) is 3. The second-order valence-electron chi connectivity index (χ2n) is 7.05. The number of methoxy groups -OCH3 is 3. The Kier molecular flexibility index (Phi) is 6.26. The van der Waals surface area contributed by atoms with E-state index in [9.17, 15) is 4.79 Å². The van der Waals surface area contributed by atoms with Crippen molar-refractivity contribution in [2.45, 2.75) is 18.8 Å². The number of ether oxygens (including phenoxy) is 3. The van der Waals surface area contributed by atoms with E-state index in [0.717, 1.165) is 17.7 Å². The van der Waals surface area contributed by atoms with Crippen molar-refractivity contribution in [1.82, 2.24) is 15.1 Å². The highest BCUT2D eigenvalue weighted by atomic mass is 32.1. The largest absolute Gasteiger partial charge is 0.493 e. The lowest BCUT2D eigenvalue weighted by Gasteiger charge is -2.31. The molecule has 1 saturated heterocycles. The molecule has 0 radical (unpaired) electrons. The standard InChI is InChI=1S/C21H24N4O5S/c1-27-15-10-14(11-16(28-2)18(15)29-3)22-21(26)25-8-4-6-13(12-25)19-23-24-20(30-19)17-7-5-9-31-17/h5,7,9-11,13H,4,6,8,12H2,1-3H3,(H,22,26)/t13-/m1/s1. The number of amides is 2. The van der Waals surface area contributed by atoms with Gasteiger partial charge in [-0.05, 0) is 24.3 Å². The summed E-state index contributed by atoms with van der Waals surface area (Å²) in [5, 5.41) is 13.3. The first kappa shape index (κ1) is 21.0. The molecule has 1 N–H and O–H groups in total. The maximum atomic E-state index is 12.9. The molecule has 2 amide bonds. The van der Waals surface area contributed by atoms with Gasteiger partial charge in [-0.25, -0.2) is 4.79 Å². The van der Waals surface area contributed by atoms with E-state index in [1.165, 1.54) is 21.3 Å². The van der Waals surface area contributed by atoms with Crippen molar-refractivity contribution >= 4 is 23.1 Å². The fourth-order valence-corrected chi connectivity index (χ4v) is 4.26. The number of urea groups is 1. The molecule has 0 unspecified atom stereocenters. The van der Waals surface area contributed by atoms with E-state index in [-0.39, 0.29) is 11.9 Å². The van der Waals surface area contributed by atoms with Crippen LogP contribution in [0.1, 0.15) is 24.7 Å². The van der Waals surface area contributed by atoms with Crippen LogP contribution in [0.2, 0.25) is 0 Å². The van der Waals surface area contributed by atoms with Gasteiger partial charge in [0.25, 0.3) is 5.89 Å². The number of anilines is 1. The number of hydrogen-bond acceptors (Lipinski definition) is 8. The Morgan fingerprint density at radius 2 is 1.97 bits per heavy atom. The van der Waals surface area contributed by atoms with Gasteiger partial charge >= 0.3 is 6.03 Å². The number of rotatable bonds is 6. The average molecular weight is 445 g/mol. The molecule has 1 aromatic carbocycles. The van der Waals surface area contributed by atoms with E-state index in [0.29, 0.717) is 47.8 Å². The van der Waals surface area contributed by atoms with Gasteiger partial charge in [0.1, 0.15) is 0 Å². The lowest BCUT2D eigenvalue weighted by atomic mass is 9.98. The minimum Gasteiger partial charge on any atom is -0.493 e. The molecule has 1 fully saturated rings. The van der Waals surface area contributed by atoms with Crippen LogP contribution >= 0.6 is 11.3 Å². The number of piperidine rings is 1. The van der Waals surface area contributed by atoms with E-state index in [1.807, 2.05) is 17.5 Å². The first-order chi connectivity index (χ1) is 15.1. The normalized spacial score (nSPS) is 16.1. The number of aromatic nitrogens is 2. The minimum absolute atomic E-state index is 0.000604. The van der Waals surface area contributed by atoms with Crippen LogP contribution in [0.5, 0.6) is 17.2 Å². The third-order valence-electron chi connectivity index (χ3n) is 5.15. The molecule has 3 aromatic rings. The predicted octanol–water partition coefficient (Wildman–Crippen LogP) is 4.24. The third kappa shape index (κ3) is 4.43. The second-order valence-corrected chi connectivity index (χ2v) is 8.00. The van der Waals surface area contributed by atoms with Gasteiger partial charge in [-0.1, -0.05) is 6.07 Å². The molecule has 3 heterocycles. The Morgan fingerprint density at radius 3 is 2.61 bits per heavy atom. The van der Waals surface area contributed by atoms with E-state index in [1.54, 1.807) is 28.4 Å². The monoisotopic (exact) mass is 444 g/mol. The van der Waals surface area contributed by atoms with Crippen LogP contribution in [0.4, 0.5) is 10.5 Å². The fourth-order valence-electron chi connectivity index (χ4n) is 3.62. The van der Waals surface area contributed by atoms with Crippen LogP contribution in [0.25, 0.3) is 10.8 Å². The maximum Gasteiger partial charge on any atom is 0.321 e. The number of nitrogens with one attached hydrogen (secondary N) is 1. The van der Waals surface area contributed by atoms with Crippen LogP contribution in [0.15, 0.2) is 34.1 Å². The summed E-state index contributed by atoms with van der Waals surface area (Å²) >= 11 is 1.55. The highest BCUT2D eigenvalue weighted by Crippen LogP contribution is 2.40. The third-order valence-corrected chi connectivity index (χ3v) is 6.00. The topological polar surface area (TPSA) is 99.0 Å². The van der Waals surface area contributed by atoms with Gasteiger partial charge < -0.3 is 28.8 Å². The molecule has 4 rings (SSSR count). The first-order valence-corrected chi connectivity index (χ1v) is 10.7. The van der Waals surface area contributed by atoms with Gasteiger partial charge in [0, 0.05) is 25.2 Å². The zero-order valence-corrected chi connectivity index (χ0v) is 18.4. The van der Waals surface area contributed by atoms with Crippen molar-refractivity contribution in [2.75, 3.05) is 39.7 Å². The van der Waals surface area contributed by atoms with Crippen molar-refractivity contribution in [1.29, 1.82) is 0 Å². The number of thiophene rings is 1. The Hall–Kier alpha value is -3.27. The van der Waals surface area contributed by atoms with Crippen LogP contribution in [-0.4, -0.2) is 55.5 Å². The summed E-state index contributed by atoms with van der Waals surface area (Å²) in [4.78, 5) is 15.6. The highest BCUT2D eigenvalue weighted by Gasteiger charge is 2.29. The summed E-state index contributed by atoms with van der Waals surface area (Å²) in [6.07, 6.45) is 1.74. The second kappa shape index (κ2) is 9.25. The SMILES string of the molecule is COc1cc(NC(=O)N2CCC[C@@H](c3nnc(-c4cccs4)o3)C2)cc(OC)c1OC. The number of likely N-dealkylation sites (tertiary alicyclic amines) is 1. The van der Waals surface area contributed by atoms with E-state index in [2.05, 4.69) is 15.5 Å². The summed E-state index contributed by atoms with van der Waals surface area (Å²) < 4.78 is 21.9. The van der Waals surface area contributed by atoms with Crippen molar-refractivity contribution < 1.29 is 23.4 Å². The van der Waals surface area contributed by atoms with Gasteiger partial charge in [-0.2, -0.15) is 0 Å². The van der Waals surface area contributed by atoms with Gasteiger partial charge in [-0.3, -0.25) is 0 Å². The Balaban J connectivity index is 1.46. The molecule has 0 bridgehead atoms. The van der Waals surface area contributed by atoms with Crippen LogP contribution in [-0.2, 0) is 0 Å². The van der Waals surface area contributed by atoms with Gasteiger partial charge in [0.15, 0.2) is 11.5 Å². The van der Waals surface area contributed by atoms with Crippen molar-refractivity contribution in [3.05, 3.63) is 35.5 Å². The zero-order chi connectivity index (χ0) is 21.8. The Morgan fingerprint density at radius 1 is 1.19 bits per heavy atom. The van der Waals surface area contributed by atoms with Crippen molar-refractivity contribution in [3.63, 3.8) is 0 Å². The highest BCUT2D eigenvalue weighted by molar-refractivity contribution is 7.13. The fraction of sp³-hybridized carbons (Fsp3) is 0.381. The van der Waals surface area contributed by atoms with Gasteiger partial charge in [0.05, 0.1) is 37.8 Å². The molecule has 10 heteroatoms. The lowest BCUT2D eigenvalue weighted by Crippen LogP contribution is -2.41. The first-order valence-electron chi connectivity index (χ1n) is 9.86. The summed E-state index contributed by atoms with van der Waals surface area (Å²) in [5.74, 6) is 2.50. The van der Waals surface area contributed by atoms with Crippen LogP contribution in [0.3, 0.4) is 0 Å². The van der Waals surface area contributed by atoms with Crippen molar-refractivity contribution in [2.24, 2.45) is 0 Å². The predicted molar refractivity (Wildman–Crippen MR) is 116 cm³/mol. The zero-order valence-electron chi connectivity index (χ0n) is 17.6. The molecule has 164 valence electrons. The molecular formula is C21H24N4O5S. The van der Waals surface area contributed by atoms with Crippen LogP contribution in [0, 0.1) is 0 Å². The minimum atomic E-state index is -0.211. The molecule has 1 atom stereocenters. The van der Waals surface area contributed by atoms with E-state index < -0.39 is 0 Å². The molecule has 2 aromatic heterocycles. The number of carbonyl (C=O) groups excluding carboxylic acids is 1. The molecule has 0 spiro atoms. The Labute approximate surface area is 183 Å². The molecule has 1 aliphatic rings. The number of hydrogen-bond donors (Lipinski definition) is 1. The summed E-state index contributed by atoms with van der Waals surface area (Å²) in [6.45, 7) is 1.15. The summed E-state index contributed by atoms with van der Waals surface area (Å²) in [6, 6.07) is 7.08. The van der Waals surface area contributed by atoms with Gasteiger partial charge in [0.2, 0.25) is 11.6 Å². The average Bonchev–Trinajstić information content (AvgIpc) is 3.50. The molecular weight excluding hydrogens is 420 g/mol. The maximum absolute atomic E-state index is 12.9. The summed E-state index contributed by atoms with van der Waals surface area (Å²) in [7, 11) is 4.60. The molecule has 0 aliphatic carbocycles. The molecule has 31 heavy (non-hydrogen) atoms. The summed E-state index contributed by atoms with van der Waals surface area (Å²) in [5.41, 5.74) is 0.555. The molecule has 1 aliphatic heterocycles. The Bertz CT molecular complexity index is 1010. The van der Waals surface area contributed by atoms with E-state index >= 15 is 0 Å². The number of benzene rings is 1. The van der Waals surface area contributed by atoms with Crippen molar-refractivity contribution in [3.8, 4) is 28.0 Å². The molecule has 9 nitrogen and oxygen atoms in total. The van der Waals surface area contributed by atoms with Crippen LogP contribution < -0.4 is 19.5 Å². The lowest BCUT2D eigenvalue weighted by molar-refractivity contribution is 0.187. The number of carbonyl (C=O) groups is 1. The van der Waals surface area contributed by atoms with E-state index in [4.69, 9.17) is 18.6 Å². The smallest absolute Gasteiger partial charge is 0.321 e.